The Bertz CT molecular complexity index is 256. The number of ether oxygens (including phenoxy) is 1. The predicted molar refractivity (Wildman–Crippen MR) is 58.6 cm³/mol. The van der Waals surface area contributed by atoms with Gasteiger partial charge in [0.1, 0.15) is 5.76 Å². The summed E-state index contributed by atoms with van der Waals surface area (Å²) in [5.74, 6) is -0.235. The number of hydrogen-bond donors (Lipinski definition) is 1. The Labute approximate surface area is 91.1 Å². The van der Waals surface area contributed by atoms with Gasteiger partial charge in [-0.25, -0.2) is 4.79 Å². The molecule has 3 heteroatoms. The van der Waals surface area contributed by atoms with Gasteiger partial charge in [-0.1, -0.05) is 32.6 Å². The molecule has 1 rings (SSSR count). The molecular weight excluding hydrogens is 192 g/mol. The fourth-order valence-corrected chi connectivity index (χ4v) is 1.75. The molecule has 86 valence electrons. The van der Waals surface area contributed by atoms with E-state index in [0.29, 0.717) is 5.57 Å². The Kier molecular flexibility index (Phi) is 4.66. The molecule has 0 bridgehead atoms. The van der Waals surface area contributed by atoms with Crippen molar-refractivity contribution in [2.75, 3.05) is 0 Å². The lowest BCUT2D eigenvalue weighted by atomic mass is 10.1. The van der Waals surface area contributed by atoms with E-state index in [1.54, 1.807) is 6.92 Å². The summed E-state index contributed by atoms with van der Waals surface area (Å²) in [6.45, 7) is 3.78. The molecule has 1 heterocycles. The van der Waals surface area contributed by atoms with Gasteiger partial charge in [0.2, 0.25) is 0 Å². The summed E-state index contributed by atoms with van der Waals surface area (Å²) >= 11 is 0. The molecule has 1 N–H and O–H groups in total. The average Bonchev–Trinajstić information content (AvgIpc) is 2.46. The highest BCUT2D eigenvalue weighted by molar-refractivity contribution is 5.90. The first-order valence-electron chi connectivity index (χ1n) is 5.77. The van der Waals surface area contributed by atoms with Gasteiger partial charge < -0.3 is 9.84 Å². The zero-order valence-corrected chi connectivity index (χ0v) is 9.58. The molecule has 15 heavy (non-hydrogen) atoms. The third-order valence-corrected chi connectivity index (χ3v) is 2.81. The summed E-state index contributed by atoms with van der Waals surface area (Å²) in [7, 11) is 0. The maximum absolute atomic E-state index is 11.1. The van der Waals surface area contributed by atoms with E-state index in [-0.39, 0.29) is 17.8 Å². The lowest BCUT2D eigenvalue weighted by Crippen LogP contribution is -2.11. The molecule has 3 nitrogen and oxygen atoms in total. The molecule has 0 saturated carbocycles. The second-order valence-electron chi connectivity index (χ2n) is 4.11. The molecular formula is C12H20O3. The summed E-state index contributed by atoms with van der Waals surface area (Å²) in [4.78, 5) is 11.1. The highest BCUT2D eigenvalue weighted by atomic mass is 16.6. The summed E-state index contributed by atoms with van der Waals surface area (Å²) in [6, 6.07) is 0. The Hall–Kier alpha value is -0.990. The van der Waals surface area contributed by atoms with Gasteiger partial charge in [0.25, 0.3) is 0 Å². The van der Waals surface area contributed by atoms with Crippen LogP contribution < -0.4 is 0 Å². The van der Waals surface area contributed by atoms with Crippen LogP contribution in [0.1, 0.15) is 52.4 Å². The minimum atomic E-state index is -0.376. The van der Waals surface area contributed by atoms with E-state index in [1.807, 2.05) is 0 Å². The molecule has 0 unspecified atom stereocenters. The number of unbranched alkanes of at least 4 members (excludes halogenated alkanes) is 4. The Morgan fingerprint density at radius 1 is 1.27 bits per heavy atom. The van der Waals surface area contributed by atoms with Crippen LogP contribution in [0.5, 0.6) is 0 Å². The van der Waals surface area contributed by atoms with Crippen molar-refractivity contribution in [3.05, 3.63) is 11.3 Å². The van der Waals surface area contributed by atoms with Gasteiger partial charge in [-0.3, -0.25) is 0 Å². The molecule has 0 radical (unpaired) electrons. The number of aliphatic hydroxyl groups excluding tert-OH is 1. The average molecular weight is 212 g/mol. The molecule has 0 aliphatic carbocycles. The normalized spacial score (nSPS) is 20.9. The van der Waals surface area contributed by atoms with Crippen molar-refractivity contribution in [1.29, 1.82) is 0 Å². The zero-order valence-electron chi connectivity index (χ0n) is 9.58. The number of rotatable bonds is 6. The van der Waals surface area contributed by atoms with Gasteiger partial charge in [-0.15, -0.1) is 0 Å². The zero-order chi connectivity index (χ0) is 11.3. The Balaban J connectivity index is 2.21. The van der Waals surface area contributed by atoms with Crippen molar-refractivity contribution in [2.24, 2.45) is 0 Å². The van der Waals surface area contributed by atoms with Crippen LogP contribution in [-0.4, -0.2) is 17.2 Å². The van der Waals surface area contributed by atoms with Crippen LogP contribution in [0.15, 0.2) is 11.3 Å². The number of hydrogen-bond acceptors (Lipinski definition) is 3. The Morgan fingerprint density at radius 2 is 1.93 bits per heavy atom. The summed E-state index contributed by atoms with van der Waals surface area (Å²) in [5.41, 5.74) is 0.369. The van der Waals surface area contributed by atoms with E-state index in [9.17, 15) is 9.90 Å². The van der Waals surface area contributed by atoms with Crippen LogP contribution in [0.4, 0.5) is 0 Å². The Morgan fingerprint density at radius 3 is 2.47 bits per heavy atom. The monoisotopic (exact) mass is 212 g/mol. The van der Waals surface area contributed by atoms with E-state index in [0.717, 1.165) is 19.3 Å². The molecule has 0 amide bonds. The summed E-state index contributed by atoms with van der Waals surface area (Å²) < 4.78 is 5.03. The van der Waals surface area contributed by atoms with Crippen LogP contribution in [-0.2, 0) is 9.53 Å². The molecule has 1 atom stereocenters. The molecule has 1 aliphatic rings. The highest BCUT2D eigenvalue weighted by Gasteiger charge is 2.30. The second-order valence-corrected chi connectivity index (χ2v) is 4.11. The van der Waals surface area contributed by atoms with E-state index in [1.165, 1.54) is 19.3 Å². The van der Waals surface area contributed by atoms with Crippen molar-refractivity contribution in [3.63, 3.8) is 0 Å². The van der Waals surface area contributed by atoms with Crippen LogP contribution >= 0.6 is 0 Å². The minimum Gasteiger partial charge on any atom is -0.508 e. The summed E-state index contributed by atoms with van der Waals surface area (Å²) in [6.07, 6.45) is 6.23. The van der Waals surface area contributed by atoms with Gasteiger partial charge in [0, 0.05) is 0 Å². The maximum Gasteiger partial charge on any atom is 0.337 e. The van der Waals surface area contributed by atoms with Gasteiger partial charge in [0.05, 0.1) is 5.57 Å². The summed E-state index contributed by atoms with van der Waals surface area (Å²) in [5, 5.41) is 9.56. The van der Waals surface area contributed by atoms with E-state index < -0.39 is 0 Å². The van der Waals surface area contributed by atoms with E-state index in [4.69, 9.17) is 4.74 Å². The molecule has 0 aromatic rings. The fourth-order valence-electron chi connectivity index (χ4n) is 1.75. The standard InChI is InChI=1S/C12H20O3/c1-3-4-5-6-7-8-10-11(13)9(2)12(14)15-10/h10,13H,3-8H2,1-2H3/t10-/m0/s1. The van der Waals surface area contributed by atoms with Gasteiger partial charge in [0.15, 0.2) is 6.10 Å². The minimum absolute atomic E-state index is 0.135. The SMILES string of the molecule is CCCCCCC[C@@H]1OC(=O)C(C)=C1O. The van der Waals surface area contributed by atoms with E-state index >= 15 is 0 Å². The number of carbonyl (C=O) groups excluding carboxylic acids is 1. The van der Waals surface area contributed by atoms with Crippen molar-refractivity contribution in [1.82, 2.24) is 0 Å². The first kappa shape index (κ1) is 12.1. The van der Waals surface area contributed by atoms with Crippen LogP contribution in [0.2, 0.25) is 0 Å². The molecule has 0 fully saturated rings. The lowest BCUT2D eigenvalue weighted by Gasteiger charge is -2.09. The second kappa shape index (κ2) is 5.79. The van der Waals surface area contributed by atoms with Crippen molar-refractivity contribution in [2.45, 2.75) is 58.5 Å². The molecule has 0 spiro atoms. The molecule has 0 aromatic heterocycles. The number of aliphatic hydroxyl groups is 1. The van der Waals surface area contributed by atoms with Crippen molar-refractivity contribution >= 4 is 5.97 Å². The smallest absolute Gasteiger partial charge is 0.337 e. The predicted octanol–water partition coefficient (Wildman–Crippen LogP) is 3.10. The number of cyclic esters (lactones) is 1. The fraction of sp³-hybridized carbons (Fsp3) is 0.750. The maximum atomic E-state index is 11.1. The largest absolute Gasteiger partial charge is 0.508 e. The topological polar surface area (TPSA) is 46.5 Å². The van der Waals surface area contributed by atoms with Crippen LogP contribution in [0, 0.1) is 0 Å². The van der Waals surface area contributed by atoms with Crippen LogP contribution in [0.3, 0.4) is 0 Å². The molecule has 1 aliphatic heterocycles. The number of esters is 1. The first-order valence-corrected chi connectivity index (χ1v) is 5.77. The number of carbonyl (C=O) groups is 1. The molecule has 0 saturated heterocycles. The third kappa shape index (κ3) is 3.26. The van der Waals surface area contributed by atoms with Gasteiger partial charge in [-0.05, 0) is 19.8 Å². The van der Waals surface area contributed by atoms with Gasteiger partial charge in [-0.2, -0.15) is 0 Å². The van der Waals surface area contributed by atoms with Gasteiger partial charge >= 0.3 is 5.97 Å². The quantitative estimate of drug-likeness (QED) is 0.543. The van der Waals surface area contributed by atoms with Crippen LogP contribution in [0.25, 0.3) is 0 Å². The van der Waals surface area contributed by atoms with Crippen molar-refractivity contribution in [3.8, 4) is 0 Å². The molecule has 0 aromatic carbocycles. The van der Waals surface area contributed by atoms with E-state index in [2.05, 4.69) is 6.92 Å². The highest BCUT2D eigenvalue weighted by Crippen LogP contribution is 2.24. The lowest BCUT2D eigenvalue weighted by molar-refractivity contribution is -0.140. The third-order valence-electron chi connectivity index (χ3n) is 2.81. The van der Waals surface area contributed by atoms with Crippen molar-refractivity contribution < 1.29 is 14.6 Å². The first-order chi connectivity index (χ1) is 7.16.